The molecule has 3 rings (SSSR count). The third-order valence-corrected chi connectivity index (χ3v) is 6.90. The van der Waals surface area contributed by atoms with E-state index in [-0.39, 0.29) is 5.92 Å². The molecule has 1 atom stereocenters. The van der Waals surface area contributed by atoms with Crippen molar-refractivity contribution in [2.75, 3.05) is 0 Å². The highest BCUT2D eigenvalue weighted by Crippen LogP contribution is 2.32. The summed E-state index contributed by atoms with van der Waals surface area (Å²) in [6.45, 7) is 4.49. The summed E-state index contributed by atoms with van der Waals surface area (Å²) in [5, 5.41) is 0. The average Bonchev–Trinajstić information content (AvgIpc) is 3.14. The zero-order valence-electron chi connectivity index (χ0n) is 20.4. The topological polar surface area (TPSA) is 42.9 Å². The highest BCUT2D eigenvalue weighted by atomic mass is 16.1. The lowest BCUT2D eigenvalue weighted by Crippen LogP contribution is -2.08. The van der Waals surface area contributed by atoms with Gasteiger partial charge in [-0.2, -0.15) is 0 Å². The molecule has 3 nitrogen and oxygen atoms in total. The van der Waals surface area contributed by atoms with Gasteiger partial charge in [0.2, 0.25) is 0 Å². The van der Waals surface area contributed by atoms with Crippen LogP contribution < -0.4 is 0 Å². The molecule has 1 unspecified atom stereocenters. The van der Waals surface area contributed by atoms with E-state index >= 15 is 0 Å². The Labute approximate surface area is 195 Å². The number of aromatic nitrogens is 2. The number of carbonyl (C=O) groups is 1. The van der Waals surface area contributed by atoms with Gasteiger partial charge in [0.1, 0.15) is 0 Å². The first-order chi connectivity index (χ1) is 15.7. The van der Waals surface area contributed by atoms with Gasteiger partial charge in [-0.15, -0.1) is 0 Å². The molecule has 174 valence electrons. The van der Waals surface area contributed by atoms with Crippen LogP contribution >= 0.6 is 0 Å². The highest BCUT2D eigenvalue weighted by Gasteiger charge is 2.30. The fourth-order valence-corrected chi connectivity index (χ4v) is 4.85. The maximum absolute atomic E-state index is 12.9. The Morgan fingerprint density at radius 2 is 1.44 bits per heavy atom. The van der Waals surface area contributed by atoms with Gasteiger partial charge in [-0.1, -0.05) is 96.6 Å². The summed E-state index contributed by atoms with van der Waals surface area (Å²) >= 11 is 0. The van der Waals surface area contributed by atoms with E-state index in [9.17, 15) is 4.79 Å². The van der Waals surface area contributed by atoms with Crippen molar-refractivity contribution < 1.29 is 4.79 Å². The van der Waals surface area contributed by atoms with Gasteiger partial charge in [0.05, 0.1) is 0 Å². The molecule has 1 aliphatic rings. The van der Waals surface area contributed by atoms with Crippen molar-refractivity contribution in [1.29, 1.82) is 0 Å². The molecular weight excluding hydrogens is 392 g/mol. The Morgan fingerprint density at radius 3 is 2.12 bits per heavy atom. The zero-order chi connectivity index (χ0) is 22.6. The van der Waals surface area contributed by atoms with E-state index in [1.54, 1.807) is 0 Å². The molecule has 0 fully saturated rings. The summed E-state index contributed by atoms with van der Waals surface area (Å²) in [4.78, 5) is 22.1. The van der Waals surface area contributed by atoms with Crippen LogP contribution in [0.3, 0.4) is 0 Å². The van der Waals surface area contributed by atoms with Crippen LogP contribution in [0.15, 0.2) is 30.6 Å². The number of unbranched alkanes of at least 4 members (excludes halogenated alkanes) is 10. The monoisotopic (exact) mass is 434 g/mol. The summed E-state index contributed by atoms with van der Waals surface area (Å²) in [5.41, 5.74) is 4.27. The smallest absolute Gasteiger partial charge is 0.166 e. The minimum absolute atomic E-state index is 0.173. The summed E-state index contributed by atoms with van der Waals surface area (Å²) in [5.74, 6) is 1.23. The number of ketones is 1. The fourth-order valence-electron chi connectivity index (χ4n) is 4.85. The molecular formula is C29H42N2O. The molecule has 0 radical (unpaired) electrons. The quantitative estimate of drug-likeness (QED) is 0.266. The zero-order valence-corrected chi connectivity index (χ0v) is 20.4. The Bertz CT molecular complexity index is 828. The maximum Gasteiger partial charge on any atom is 0.166 e. The fraction of sp³-hybridized carbons (Fsp3) is 0.621. The lowest BCUT2D eigenvalue weighted by molar-refractivity contribution is 0.0929. The summed E-state index contributed by atoms with van der Waals surface area (Å²) in [7, 11) is 0. The number of benzene rings is 1. The molecule has 0 saturated heterocycles. The predicted octanol–water partition coefficient (Wildman–Crippen LogP) is 8.15. The van der Waals surface area contributed by atoms with Crippen LogP contribution in [0.25, 0.3) is 11.4 Å². The molecule has 1 aromatic carbocycles. The van der Waals surface area contributed by atoms with Gasteiger partial charge in [0.15, 0.2) is 11.6 Å². The summed E-state index contributed by atoms with van der Waals surface area (Å²) in [6, 6.07) is 6.22. The molecule has 0 aliphatic heterocycles. The second kappa shape index (κ2) is 13.5. The Hall–Kier alpha value is -2.03. The van der Waals surface area contributed by atoms with E-state index in [0.29, 0.717) is 5.78 Å². The minimum Gasteiger partial charge on any atom is -0.294 e. The maximum atomic E-state index is 12.9. The predicted molar refractivity (Wildman–Crippen MR) is 134 cm³/mol. The van der Waals surface area contributed by atoms with Gasteiger partial charge in [0, 0.05) is 29.4 Å². The van der Waals surface area contributed by atoms with Crippen LogP contribution in [0.2, 0.25) is 0 Å². The van der Waals surface area contributed by atoms with Crippen molar-refractivity contribution in [3.63, 3.8) is 0 Å². The van der Waals surface area contributed by atoms with E-state index in [1.807, 2.05) is 18.5 Å². The van der Waals surface area contributed by atoms with Crippen LogP contribution in [-0.4, -0.2) is 15.8 Å². The third-order valence-electron chi connectivity index (χ3n) is 6.90. The van der Waals surface area contributed by atoms with Gasteiger partial charge >= 0.3 is 0 Å². The number of rotatable bonds is 15. The van der Waals surface area contributed by atoms with Gasteiger partial charge in [-0.25, -0.2) is 9.97 Å². The van der Waals surface area contributed by atoms with Crippen molar-refractivity contribution in [2.45, 2.75) is 110 Å². The number of nitrogens with zero attached hydrogens (tertiary/aromatic N) is 2. The van der Waals surface area contributed by atoms with E-state index in [4.69, 9.17) is 0 Å². The Balaban J connectivity index is 1.47. The minimum atomic E-state index is 0.173. The van der Waals surface area contributed by atoms with Crippen molar-refractivity contribution >= 4 is 5.78 Å². The van der Waals surface area contributed by atoms with E-state index in [2.05, 4.69) is 35.9 Å². The number of fused-ring (bicyclic) bond motifs is 1. The van der Waals surface area contributed by atoms with Gasteiger partial charge in [-0.3, -0.25) is 4.79 Å². The number of Topliss-reactive ketones (excluding diaryl/α,β-unsaturated/α-hetero) is 1. The van der Waals surface area contributed by atoms with Crippen LogP contribution in [0, 0.1) is 5.92 Å². The van der Waals surface area contributed by atoms with E-state index in [0.717, 1.165) is 42.6 Å². The number of hydrogen-bond acceptors (Lipinski definition) is 3. The molecule has 3 heteroatoms. The van der Waals surface area contributed by atoms with Crippen molar-refractivity contribution in [3.8, 4) is 11.4 Å². The van der Waals surface area contributed by atoms with Crippen molar-refractivity contribution in [2.24, 2.45) is 5.92 Å². The van der Waals surface area contributed by atoms with Crippen LogP contribution in [0.5, 0.6) is 0 Å². The number of hydrogen-bond donors (Lipinski definition) is 0. The molecule has 0 N–H and O–H groups in total. The molecule has 2 aromatic rings. The number of carbonyl (C=O) groups excluding carboxylic acids is 1. The van der Waals surface area contributed by atoms with Crippen LogP contribution in [0.1, 0.15) is 119 Å². The van der Waals surface area contributed by atoms with Gasteiger partial charge in [0.25, 0.3) is 0 Å². The first kappa shape index (κ1) is 24.6. The van der Waals surface area contributed by atoms with Crippen molar-refractivity contribution in [1.82, 2.24) is 9.97 Å². The van der Waals surface area contributed by atoms with Crippen molar-refractivity contribution in [3.05, 3.63) is 47.3 Å². The third kappa shape index (κ3) is 7.25. The van der Waals surface area contributed by atoms with E-state index in [1.165, 1.54) is 81.8 Å². The van der Waals surface area contributed by atoms with E-state index < -0.39 is 0 Å². The summed E-state index contributed by atoms with van der Waals surface area (Å²) < 4.78 is 0. The summed E-state index contributed by atoms with van der Waals surface area (Å²) in [6.07, 6.45) is 22.5. The second-order valence-corrected chi connectivity index (χ2v) is 9.63. The Morgan fingerprint density at radius 1 is 0.812 bits per heavy atom. The normalized spacial score (nSPS) is 15.3. The molecule has 0 amide bonds. The number of aryl methyl sites for hydroxylation is 1. The van der Waals surface area contributed by atoms with Gasteiger partial charge in [-0.05, 0) is 42.9 Å². The van der Waals surface area contributed by atoms with Crippen LogP contribution in [-0.2, 0) is 12.8 Å². The SMILES string of the molecule is CCCCCCCCCCc1cnc(-c2ccc3c(c2)C(=O)C(CCCCCC)C3)nc1. The molecule has 0 spiro atoms. The first-order valence-electron chi connectivity index (χ1n) is 13.2. The lowest BCUT2D eigenvalue weighted by atomic mass is 9.97. The first-order valence-corrected chi connectivity index (χ1v) is 13.2. The van der Waals surface area contributed by atoms with Gasteiger partial charge < -0.3 is 0 Å². The molecule has 0 bridgehead atoms. The largest absolute Gasteiger partial charge is 0.294 e. The standard InChI is InChI=1S/C29H42N2O/c1-3-5-7-9-10-11-12-13-15-23-21-30-29(31-22-23)26-18-17-24-19-25(16-14-8-6-4-2)28(32)27(24)20-26/h17-18,20-22,25H,3-16,19H2,1-2H3. The molecule has 1 aliphatic carbocycles. The average molecular weight is 435 g/mol. The molecule has 0 saturated carbocycles. The lowest BCUT2D eigenvalue weighted by Gasteiger charge is -2.06. The highest BCUT2D eigenvalue weighted by molar-refractivity contribution is 6.03. The second-order valence-electron chi connectivity index (χ2n) is 9.63. The molecule has 32 heavy (non-hydrogen) atoms. The molecule has 1 aromatic heterocycles. The van der Waals surface area contributed by atoms with Crippen LogP contribution in [0.4, 0.5) is 0 Å². The molecule has 1 heterocycles. The Kier molecular flexibility index (Phi) is 10.4.